The first kappa shape index (κ1) is 17.2. The number of nitrogens with one attached hydrogen (secondary N) is 1. The Kier molecular flexibility index (Phi) is 6.39. The fraction of sp³-hybridized carbons (Fsp3) is 0.357. The third-order valence-electron chi connectivity index (χ3n) is 2.62. The lowest BCUT2D eigenvalue weighted by atomic mass is 10.1. The van der Waals surface area contributed by atoms with Gasteiger partial charge in [0.1, 0.15) is 0 Å². The number of carbonyl (C=O) groups excluding carboxylic acids is 1. The van der Waals surface area contributed by atoms with Gasteiger partial charge in [-0.3, -0.25) is 4.79 Å². The molecule has 0 saturated carbocycles. The van der Waals surface area contributed by atoms with E-state index in [1.807, 2.05) is 0 Å². The molecule has 1 aromatic rings. The maximum atomic E-state index is 12.4. The minimum absolute atomic E-state index is 0.0528. The van der Waals surface area contributed by atoms with Crippen LogP contribution >= 0.6 is 0 Å². The average molecular weight is 303 g/mol. The zero-order chi connectivity index (χ0) is 15.9. The number of halogens is 3. The fourth-order valence-corrected chi connectivity index (χ4v) is 1.52. The number of benzene rings is 1. The Bertz CT molecular complexity index is 482. The summed E-state index contributed by atoms with van der Waals surface area (Å²) >= 11 is 0. The van der Waals surface area contributed by atoms with Crippen molar-refractivity contribution in [1.82, 2.24) is 5.32 Å². The molecular weight excluding hydrogens is 287 g/mol. The standard InChI is InChI=1S/C14H16F3NO3/c1-20-13(21-2)9-18-11(8-12(19)14(15,16)17)10-6-4-3-5-7-10/h3-8,13,18H,9H2,1-2H3/b11-8-. The Labute approximate surface area is 120 Å². The number of allylic oxidation sites excluding steroid dienone is 1. The van der Waals surface area contributed by atoms with Crippen LogP contribution in [0.5, 0.6) is 0 Å². The number of carbonyl (C=O) groups is 1. The van der Waals surface area contributed by atoms with Gasteiger partial charge < -0.3 is 14.8 Å². The molecule has 4 nitrogen and oxygen atoms in total. The molecule has 0 atom stereocenters. The van der Waals surface area contributed by atoms with E-state index in [9.17, 15) is 18.0 Å². The van der Waals surface area contributed by atoms with Gasteiger partial charge in [-0.1, -0.05) is 30.3 Å². The van der Waals surface area contributed by atoms with Gasteiger partial charge in [0, 0.05) is 26.0 Å². The van der Waals surface area contributed by atoms with Gasteiger partial charge in [0.05, 0.1) is 6.54 Å². The Morgan fingerprint density at radius 2 is 1.81 bits per heavy atom. The smallest absolute Gasteiger partial charge is 0.379 e. The topological polar surface area (TPSA) is 47.6 Å². The fourth-order valence-electron chi connectivity index (χ4n) is 1.52. The summed E-state index contributed by atoms with van der Waals surface area (Å²) in [6.45, 7) is 0.0961. The number of ketones is 1. The van der Waals surface area contributed by atoms with Crippen molar-refractivity contribution in [2.24, 2.45) is 0 Å². The minimum atomic E-state index is -4.91. The highest BCUT2D eigenvalue weighted by Crippen LogP contribution is 2.20. The molecule has 1 aromatic carbocycles. The number of ether oxygens (including phenoxy) is 2. The third-order valence-corrected chi connectivity index (χ3v) is 2.62. The summed E-state index contributed by atoms with van der Waals surface area (Å²) in [5, 5.41) is 2.73. The molecule has 0 aliphatic carbocycles. The summed E-state index contributed by atoms with van der Waals surface area (Å²) in [6.07, 6.45) is -5.03. The van der Waals surface area contributed by atoms with Crippen molar-refractivity contribution >= 4 is 11.5 Å². The van der Waals surface area contributed by atoms with Gasteiger partial charge in [-0.15, -0.1) is 0 Å². The van der Waals surface area contributed by atoms with E-state index in [2.05, 4.69) is 5.32 Å². The zero-order valence-corrected chi connectivity index (χ0v) is 11.6. The van der Waals surface area contributed by atoms with Crippen LogP contribution in [0.2, 0.25) is 0 Å². The number of hydrogen-bond acceptors (Lipinski definition) is 4. The largest absolute Gasteiger partial charge is 0.454 e. The summed E-state index contributed by atoms with van der Waals surface area (Å²) < 4.78 is 47.0. The van der Waals surface area contributed by atoms with Gasteiger partial charge >= 0.3 is 6.18 Å². The van der Waals surface area contributed by atoms with Crippen molar-refractivity contribution < 1.29 is 27.4 Å². The number of alkyl halides is 3. The van der Waals surface area contributed by atoms with E-state index in [0.29, 0.717) is 11.6 Å². The van der Waals surface area contributed by atoms with Gasteiger partial charge in [-0.05, 0) is 5.56 Å². The Morgan fingerprint density at radius 1 is 1.24 bits per heavy atom. The molecule has 0 saturated heterocycles. The van der Waals surface area contributed by atoms with Crippen molar-refractivity contribution in [3.8, 4) is 0 Å². The van der Waals surface area contributed by atoms with Crippen molar-refractivity contribution in [3.05, 3.63) is 42.0 Å². The predicted molar refractivity (Wildman–Crippen MR) is 71.3 cm³/mol. The molecule has 0 aliphatic rings. The van der Waals surface area contributed by atoms with E-state index in [1.165, 1.54) is 14.2 Å². The minimum Gasteiger partial charge on any atom is -0.379 e. The highest BCUT2D eigenvalue weighted by atomic mass is 19.4. The lowest BCUT2D eigenvalue weighted by molar-refractivity contribution is -0.165. The van der Waals surface area contributed by atoms with Gasteiger partial charge in [-0.2, -0.15) is 13.2 Å². The van der Waals surface area contributed by atoms with Gasteiger partial charge in [-0.25, -0.2) is 0 Å². The van der Waals surface area contributed by atoms with Crippen LogP contribution in [0.4, 0.5) is 13.2 Å². The van der Waals surface area contributed by atoms with E-state index < -0.39 is 18.2 Å². The Morgan fingerprint density at radius 3 is 2.29 bits per heavy atom. The quantitative estimate of drug-likeness (QED) is 0.620. The molecule has 1 N–H and O–H groups in total. The summed E-state index contributed by atoms with van der Waals surface area (Å²) in [4.78, 5) is 11.1. The summed E-state index contributed by atoms with van der Waals surface area (Å²) in [5.74, 6) is -1.93. The first-order valence-electron chi connectivity index (χ1n) is 6.06. The predicted octanol–water partition coefficient (Wildman–Crippen LogP) is 2.37. The molecule has 0 spiro atoms. The van der Waals surface area contributed by atoms with Crippen molar-refractivity contribution in [3.63, 3.8) is 0 Å². The lowest BCUT2D eigenvalue weighted by Gasteiger charge is -2.17. The molecule has 0 heterocycles. The zero-order valence-electron chi connectivity index (χ0n) is 11.6. The number of rotatable bonds is 7. The average Bonchev–Trinajstić information content (AvgIpc) is 2.46. The molecule has 0 aromatic heterocycles. The molecule has 116 valence electrons. The van der Waals surface area contributed by atoms with Crippen LogP contribution in [0.25, 0.3) is 5.70 Å². The second kappa shape index (κ2) is 7.80. The Balaban J connectivity index is 2.96. The number of hydrogen-bond donors (Lipinski definition) is 1. The SMILES string of the molecule is COC(CN/C(=C\C(=O)C(F)(F)F)c1ccccc1)OC. The van der Waals surface area contributed by atoms with E-state index in [4.69, 9.17) is 9.47 Å². The molecule has 21 heavy (non-hydrogen) atoms. The van der Waals surface area contributed by atoms with Crippen LogP contribution in [-0.2, 0) is 14.3 Å². The van der Waals surface area contributed by atoms with E-state index >= 15 is 0 Å². The molecule has 0 bridgehead atoms. The molecule has 1 rings (SSSR count). The van der Waals surface area contributed by atoms with Crippen molar-refractivity contribution in [2.75, 3.05) is 20.8 Å². The molecule has 0 unspecified atom stereocenters. The third kappa shape index (κ3) is 5.57. The van der Waals surface area contributed by atoms with Crippen LogP contribution in [-0.4, -0.2) is 39.0 Å². The number of methoxy groups -OCH3 is 2. The van der Waals surface area contributed by atoms with Crippen LogP contribution in [0, 0.1) is 0 Å². The lowest BCUT2D eigenvalue weighted by Crippen LogP contribution is -2.30. The second-order valence-electron chi connectivity index (χ2n) is 4.07. The summed E-state index contributed by atoms with van der Waals surface area (Å²) in [6, 6.07) is 8.23. The van der Waals surface area contributed by atoms with Crippen LogP contribution in [0.15, 0.2) is 36.4 Å². The van der Waals surface area contributed by atoms with Gasteiger partial charge in [0.2, 0.25) is 0 Å². The van der Waals surface area contributed by atoms with E-state index in [1.54, 1.807) is 30.3 Å². The Hall–Kier alpha value is -1.86. The highest BCUT2D eigenvalue weighted by molar-refractivity contribution is 6.00. The molecule has 0 radical (unpaired) electrons. The maximum Gasteiger partial charge on any atom is 0.454 e. The van der Waals surface area contributed by atoms with Crippen molar-refractivity contribution in [1.29, 1.82) is 0 Å². The van der Waals surface area contributed by atoms with E-state index in [0.717, 1.165) is 0 Å². The first-order valence-corrected chi connectivity index (χ1v) is 6.06. The van der Waals surface area contributed by atoms with Crippen LogP contribution < -0.4 is 5.32 Å². The summed E-state index contributed by atoms with van der Waals surface area (Å²) in [5.41, 5.74) is 0.512. The summed E-state index contributed by atoms with van der Waals surface area (Å²) in [7, 11) is 2.81. The molecule has 0 fully saturated rings. The molecule has 0 aliphatic heterocycles. The van der Waals surface area contributed by atoms with Crippen LogP contribution in [0.1, 0.15) is 5.56 Å². The molecular formula is C14H16F3NO3. The maximum absolute atomic E-state index is 12.4. The monoisotopic (exact) mass is 303 g/mol. The second-order valence-corrected chi connectivity index (χ2v) is 4.07. The normalized spacial score (nSPS) is 12.6. The first-order chi connectivity index (χ1) is 9.88. The van der Waals surface area contributed by atoms with Gasteiger partial charge in [0.25, 0.3) is 5.78 Å². The highest BCUT2D eigenvalue weighted by Gasteiger charge is 2.36. The van der Waals surface area contributed by atoms with Crippen LogP contribution in [0.3, 0.4) is 0 Å². The molecule has 0 amide bonds. The van der Waals surface area contributed by atoms with E-state index in [-0.39, 0.29) is 12.2 Å². The molecule has 7 heteroatoms. The van der Waals surface area contributed by atoms with Gasteiger partial charge in [0.15, 0.2) is 6.29 Å². The van der Waals surface area contributed by atoms with Crippen molar-refractivity contribution in [2.45, 2.75) is 12.5 Å².